The van der Waals surface area contributed by atoms with Crippen molar-refractivity contribution in [2.45, 2.75) is 235 Å². The molecule has 720 valence electrons. The van der Waals surface area contributed by atoms with Crippen LogP contribution < -0.4 is 0 Å². The lowest BCUT2D eigenvalue weighted by molar-refractivity contribution is 0.842. The van der Waals surface area contributed by atoms with Crippen molar-refractivity contribution in [1.82, 2.24) is 0 Å². The lowest BCUT2D eigenvalue weighted by Gasteiger charge is -2.15. The summed E-state index contributed by atoms with van der Waals surface area (Å²) in [6.45, 7) is 34.6. The Labute approximate surface area is 863 Å². The predicted octanol–water partition coefficient (Wildman–Crippen LogP) is 40.3. The van der Waals surface area contributed by atoms with Gasteiger partial charge in [-0.3, -0.25) is 0 Å². The molecule has 10 aliphatic carbocycles. The topological polar surface area (TPSA) is 0 Å². The van der Waals surface area contributed by atoms with Crippen LogP contribution in [-0.2, 0) is 64.2 Å². The minimum Gasteiger partial charge on any atom is -0.0776 e. The Morgan fingerprint density at radius 3 is 0.703 bits per heavy atom. The zero-order valence-electron chi connectivity index (χ0n) is 83.8. The summed E-state index contributed by atoms with van der Waals surface area (Å²) in [5.41, 5.74) is 73.6. The van der Waals surface area contributed by atoms with Gasteiger partial charge in [0, 0.05) is 0 Å². The van der Waals surface area contributed by atoms with Gasteiger partial charge in [-0.15, -0.1) is 0 Å². The van der Waals surface area contributed by atoms with Crippen LogP contribution in [0.4, 0.5) is 0 Å². The number of aryl methyl sites for hydroxylation is 5. The Morgan fingerprint density at radius 1 is 0.145 bits per heavy atom. The third kappa shape index (κ3) is 15.6. The van der Waals surface area contributed by atoms with Crippen molar-refractivity contribution < 1.29 is 0 Å². The molecule has 10 aliphatic rings. The Kier molecular flexibility index (Phi) is 24.8. The van der Waals surface area contributed by atoms with Crippen LogP contribution in [0.5, 0.6) is 0 Å². The van der Waals surface area contributed by atoms with E-state index < -0.39 is 0 Å². The van der Waals surface area contributed by atoms with E-state index in [-0.39, 0.29) is 37.1 Å². The largest absolute Gasteiger partial charge is 0.0776 e. The van der Waals surface area contributed by atoms with Gasteiger partial charge in [-0.25, -0.2) is 0 Å². The summed E-state index contributed by atoms with van der Waals surface area (Å²) >= 11 is 0. The summed E-state index contributed by atoms with van der Waals surface area (Å²) < 4.78 is 0. The molecule has 20 aromatic rings. The highest BCUT2D eigenvalue weighted by Gasteiger charge is 2.35. The molecule has 0 saturated carbocycles. The quantitative estimate of drug-likeness (QED) is 0.161. The smallest absolute Gasteiger partial charge is 0.000728 e. The van der Waals surface area contributed by atoms with Crippen LogP contribution in [0.3, 0.4) is 0 Å². The third-order valence-electron chi connectivity index (χ3n) is 34.0. The van der Waals surface area contributed by atoms with E-state index >= 15 is 0 Å². The molecule has 0 amide bonds. The zero-order chi connectivity index (χ0) is 95.0. The fraction of sp³-hybridized carbons (Fsp3) is 0.241. The van der Waals surface area contributed by atoms with Crippen LogP contribution in [0.2, 0.25) is 0 Å². The fourth-order valence-electron chi connectivity index (χ4n) is 28.2. The first-order chi connectivity index (χ1) is 68.0. The first kappa shape index (κ1) is 96.8. The fourth-order valence-corrected chi connectivity index (χ4v) is 28.2. The molecule has 0 bridgehead atoms. The van der Waals surface area contributed by atoms with Gasteiger partial charge in [0.1, 0.15) is 0 Å². The normalized spacial score (nSPS) is 13.1. The standard InChI is InChI=1S/5C28H24.5CH4/c1-16(2)27-17(3)8-11-23-24-13-19-9-10-20-12-18-6-4-5-7-22(18)28(20)25(19)14-21(24)15-26(23)27;1-16(2)27-17(3)8-11-23-24-15-25-19(13-21(24)14-26(23)27)9-10-20-12-18-6-4-5-7-22(18)28(20)25;1-16(2)28-17(3)8-10-23-25-12-19-9-11-22-21-7-5-4-6-18(21)13-26(22)24(19)14-20(25)15-27(23)28;1-16(2)28-17(3)8-9-24-26-14-19-11-21-10-18-6-4-5-7-23(18)25(21)13-20(19)12-22(26)15-27(24)28;1-16(2)28-17(3)8-9-24-26-14-20-13-25-21(10-18-6-4-5-7-23(18)25)11-19(20)12-22(26)15-27(24)28;;;;;/h4-11,13-14,16H,12,15H2,1-3H3;4-11,13,15-16H,12,14H2,1-3H3;4-12,14,16H,13,15H2,1-3H3;2*4-9,11-14,16H,10,15H2,1-3H3;5*1H4. The molecule has 0 aliphatic heterocycles. The Hall–Kier alpha value is -14.3. The van der Waals surface area contributed by atoms with Crippen molar-refractivity contribution in [3.05, 3.63) is 470 Å². The van der Waals surface area contributed by atoms with E-state index in [4.69, 9.17) is 0 Å². The summed E-state index contributed by atoms with van der Waals surface area (Å²) in [7, 11) is 0. The van der Waals surface area contributed by atoms with Crippen molar-refractivity contribution in [1.29, 1.82) is 0 Å². The van der Waals surface area contributed by atoms with Gasteiger partial charge < -0.3 is 0 Å². The second-order valence-electron chi connectivity index (χ2n) is 44.2. The predicted molar refractivity (Wildman–Crippen MR) is 630 cm³/mol. The highest BCUT2D eigenvalue weighted by molar-refractivity contribution is 6.08. The minimum atomic E-state index is 0. The Balaban J connectivity index is 0.000000106. The molecule has 0 fully saturated rings. The van der Waals surface area contributed by atoms with Crippen LogP contribution in [0.1, 0.15) is 303 Å². The van der Waals surface area contributed by atoms with Gasteiger partial charge in [0.05, 0.1) is 0 Å². The molecule has 0 nitrogen and oxygen atoms in total. The summed E-state index contributed by atoms with van der Waals surface area (Å²) in [5.74, 6) is 2.83. The van der Waals surface area contributed by atoms with Crippen molar-refractivity contribution in [3.63, 3.8) is 0 Å². The number of hydrogen-bond acceptors (Lipinski definition) is 0. The van der Waals surface area contributed by atoms with E-state index in [0.717, 1.165) is 64.2 Å². The molecule has 30 rings (SSSR count). The highest BCUT2D eigenvalue weighted by atomic mass is 14.4. The van der Waals surface area contributed by atoms with Gasteiger partial charge in [-0.1, -0.05) is 355 Å². The number of benzene rings is 20. The molecule has 0 atom stereocenters. The van der Waals surface area contributed by atoms with E-state index in [2.05, 4.69) is 407 Å². The maximum absolute atomic E-state index is 2.49. The molecule has 0 aromatic heterocycles. The van der Waals surface area contributed by atoms with Gasteiger partial charge in [-0.2, -0.15) is 0 Å². The number of hydrogen-bond donors (Lipinski definition) is 0. The molecule has 0 unspecified atom stereocenters. The molecular formula is C145H140. The van der Waals surface area contributed by atoms with Crippen molar-refractivity contribution in [2.24, 2.45) is 0 Å². The number of rotatable bonds is 5. The van der Waals surface area contributed by atoms with Gasteiger partial charge >= 0.3 is 0 Å². The molecule has 0 saturated heterocycles. The molecule has 0 N–H and O–H groups in total. The summed E-state index contributed by atoms with van der Waals surface area (Å²) in [6, 6.07) is 116. The minimum absolute atomic E-state index is 0. The van der Waals surface area contributed by atoms with E-state index in [1.807, 2.05) is 0 Å². The molecule has 0 spiro atoms. The molecule has 0 heterocycles. The van der Waals surface area contributed by atoms with E-state index in [9.17, 15) is 0 Å². The van der Waals surface area contributed by atoms with Crippen molar-refractivity contribution >= 4 is 53.9 Å². The van der Waals surface area contributed by atoms with Crippen molar-refractivity contribution in [3.8, 4) is 111 Å². The van der Waals surface area contributed by atoms with Crippen LogP contribution >= 0.6 is 0 Å². The second kappa shape index (κ2) is 37.1. The first-order valence-corrected chi connectivity index (χ1v) is 52.0. The molecule has 20 aromatic carbocycles. The maximum atomic E-state index is 2.49. The van der Waals surface area contributed by atoms with Crippen LogP contribution in [0.15, 0.2) is 303 Å². The highest BCUT2D eigenvalue weighted by Crippen LogP contribution is 2.55. The van der Waals surface area contributed by atoms with Gasteiger partial charge in [0.25, 0.3) is 0 Å². The SMILES string of the molecule is C.C.C.C.C.Cc1ccc2c(c1C(C)C)Cc1cc3c4c(ccc3cc1-2)-c1ccccc1C4.Cc1ccc2c(c1C(C)C)Cc1cc3c4c(ccc3cc1-2)Cc1ccccc1-4.Cc1ccc2c(c1C(C)C)Cc1cc3cc4c(cc3cc1-2)-c1ccccc1C4.Cc1ccc2c(c1C(C)C)Cc1cc3cc4c(cc3cc1-2)Cc1ccccc1-4.Cc1ccc2c(c1C(C)C)Cc1cc3ccc4c(c3cc1-2)-c1ccccc1C4. The molecular weight excluding hydrogens is 1740 g/mol. The van der Waals surface area contributed by atoms with Crippen LogP contribution in [-0.4, -0.2) is 0 Å². The van der Waals surface area contributed by atoms with Gasteiger partial charge in [-0.05, 0) is 515 Å². The van der Waals surface area contributed by atoms with Crippen LogP contribution in [0, 0.1) is 34.6 Å². The average Bonchev–Trinajstić information content (AvgIpc) is 1.58. The van der Waals surface area contributed by atoms with Crippen LogP contribution in [0.25, 0.3) is 165 Å². The van der Waals surface area contributed by atoms with E-state index in [0.29, 0.717) is 29.6 Å². The van der Waals surface area contributed by atoms with Gasteiger partial charge in [0.2, 0.25) is 0 Å². The molecule has 0 heteroatoms. The Morgan fingerprint density at radius 2 is 0.352 bits per heavy atom. The van der Waals surface area contributed by atoms with E-state index in [1.54, 1.807) is 55.6 Å². The number of fused-ring (bicyclic) bond motifs is 38. The second-order valence-corrected chi connectivity index (χ2v) is 44.2. The summed E-state index contributed by atoms with van der Waals surface area (Å²) in [5, 5.41) is 13.9. The molecule has 145 heavy (non-hydrogen) atoms. The zero-order valence-corrected chi connectivity index (χ0v) is 83.8. The van der Waals surface area contributed by atoms with Crippen molar-refractivity contribution in [2.75, 3.05) is 0 Å². The Bertz CT molecular complexity index is 8750. The summed E-state index contributed by atoms with van der Waals surface area (Å²) in [4.78, 5) is 0. The lowest BCUT2D eigenvalue weighted by atomic mass is 9.89. The summed E-state index contributed by atoms with van der Waals surface area (Å²) in [6.07, 6.45) is 10.7. The molecule has 0 radical (unpaired) electrons. The third-order valence-corrected chi connectivity index (χ3v) is 34.0. The maximum Gasteiger partial charge on any atom is -0.000728 e. The van der Waals surface area contributed by atoms with E-state index in [1.165, 1.54) is 276 Å². The monoisotopic (exact) mass is 1880 g/mol. The average molecular weight is 1880 g/mol. The van der Waals surface area contributed by atoms with Gasteiger partial charge in [0.15, 0.2) is 0 Å². The first-order valence-electron chi connectivity index (χ1n) is 52.0. The lowest BCUT2D eigenvalue weighted by Crippen LogP contribution is -1.98.